The highest BCUT2D eigenvalue weighted by atomic mass is 32.1. The Morgan fingerprint density at radius 2 is 2.12 bits per heavy atom. The number of nitrogens with zero attached hydrogens (tertiary/aromatic N) is 2. The van der Waals surface area contributed by atoms with E-state index in [1.807, 2.05) is 23.6 Å². The Morgan fingerprint density at radius 1 is 1.32 bits per heavy atom. The number of ether oxygens (including phenoxy) is 2. The van der Waals surface area contributed by atoms with Crippen LogP contribution >= 0.6 is 11.3 Å². The first-order valence-electron chi connectivity index (χ1n) is 7.91. The number of thiazole rings is 1. The van der Waals surface area contributed by atoms with Gasteiger partial charge in [0.05, 0.1) is 10.2 Å². The van der Waals surface area contributed by atoms with E-state index in [1.165, 1.54) is 23.5 Å². The maximum atomic E-state index is 13.4. The first kappa shape index (κ1) is 15.8. The van der Waals surface area contributed by atoms with E-state index in [9.17, 15) is 9.18 Å². The van der Waals surface area contributed by atoms with Crippen LogP contribution in [0.25, 0.3) is 10.2 Å². The van der Waals surface area contributed by atoms with Crippen molar-refractivity contribution in [3.05, 3.63) is 53.1 Å². The van der Waals surface area contributed by atoms with E-state index in [0.29, 0.717) is 22.8 Å². The van der Waals surface area contributed by atoms with Crippen LogP contribution in [0, 0.1) is 5.82 Å². The predicted molar refractivity (Wildman–Crippen MR) is 92.4 cm³/mol. The summed E-state index contributed by atoms with van der Waals surface area (Å²) in [6.07, 6.45) is -0.790. The highest BCUT2D eigenvalue weighted by Crippen LogP contribution is 2.31. The molecule has 2 heterocycles. The molecule has 2 aromatic carbocycles. The summed E-state index contributed by atoms with van der Waals surface area (Å²) in [5.41, 5.74) is 0.853. The third kappa shape index (κ3) is 2.91. The molecule has 0 unspecified atom stereocenters. The molecule has 0 aliphatic carbocycles. The van der Waals surface area contributed by atoms with E-state index in [0.717, 1.165) is 10.2 Å². The number of carbonyl (C=O) groups is 1. The lowest BCUT2D eigenvalue weighted by molar-refractivity contribution is -0.127. The van der Waals surface area contributed by atoms with Crippen LogP contribution in [0.3, 0.4) is 0 Å². The molecule has 0 spiro atoms. The Morgan fingerprint density at radius 3 is 2.92 bits per heavy atom. The zero-order valence-corrected chi connectivity index (χ0v) is 14.3. The van der Waals surface area contributed by atoms with Gasteiger partial charge in [0.2, 0.25) is 6.10 Å². The first-order chi connectivity index (χ1) is 12.2. The van der Waals surface area contributed by atoms with Crippen LogP contribution in [0.5, 0.6) is 11.5 Å². The Bertz CT molecular complexity index is 1020. The maximum absolute atomic E-state index is 13.4. The van der Waals surface area contributed by atoms with Crippen molar-refractivity contribution in [3.8, 4) is 11.5 Å². The number of para-hydroxylation sites is 2. The standard InChI is InChI=1S/C18H15FN2O3S/c1-2-21-12-8-7-11(19)9-16(12)25-18(21)20-17(22)15-10-23-13-5-3-4-6-14(13)24-15/h3-9,15H,2,10H2,1H3/t15-/m0/s1. The molecule has 3 aromatic rings. The number of amides is 1. The van der Waals surface area contributed by atoms with Gasteiger partial charge in [-0.05, 0) is 37.3 Å². The van der Waals surface area contributed by atoms with Crippen LogP contribution in [-0.2, 0) is 11.3 Å². The number of aromatic nitrogens is 1. The fourth-order valence-corrected chi connectivity index (χ4v) is 3.87. The van der Waals surface area contributed by atoms with E-state index < -0.39 is 12.0 Å². The number of benzene rings is 2. The molecule has 0 radical (unpaired) electrons. The minimum atomic E-state index is -0.790. The monoisotopic (exact) mass is 358 g/mol. The molecular weight excluding hydrogens is 343 g/mol. The Kier molecular flexibility index (Phi) is 4.01. The van der Waals surface area contributed by atoms with E-state index in [1.54, 1.807) is 18.2 Å². The van der Waals surface area contributed by atoms with Gasteiger partial charge in [-0.3, -0.25) is 4.79 Å². The molecule has 0 bridgehead atoms. The van der Waals surface area contributed by atoms with Gasteiger partial charge < -0.3 is 14.0 Å². The fraction of sp³-hybridized carbons (Fsp3) is 0.222. The molecule has 1 aliphatic heterocycles. The lowest BCUT2D eigenvalue weighted by Gasteiger charge is -2.23. The van der Waals surface area contributed by atoms with E-state index in [-0.39, 0.29) is 12.4 Å². The number of fused-ring (bicyclic) bond motifs is 2. The molecule has 1 aliphatic rings. The molecule has 1 amide bonds. The zero-order chi connectivity index (χ0) is 17.4. The fourth-order valence-electron chi connectivity index (χ4n) is 2.75. The summed E-state index contributed by atoms with van der Waals surface area (Å²) >= 11 is 1.28. The van der Waals surface area contributed by atoms with Crippen LogP contribution in [-0.4, -0.2) is 23.2 Å². The molecule has 128 valence electrons. The second-order valence-corrected chi connectivity index (χ2v) is 6.56. The van der Waals surface area contributed by atoms with E-state index in [4.69, 9.17) is 9.47 Å². The molecule has 7 heteroatoms. The summed E-state index contributed by atoms with van der Waals surface area (Å²) in [6.45, 7) is 2.70. The van der Waals surface area contributed by atoms with Crippen molar-refractivity contribution in [1.29, 1.82) is 0 Å². The number of hydrogen-bond acceptors (Lipinski definition) is 4. The van der Waals surface area contributed by atoms with Crippen molar-refractivity contribution < 1.29 is 18.7 Å². The van der Waals surface area contributed by atoms with Gasteiger partial charge in [-0.25, -0.2) is 4.39 Å². The Labute approximate surface area is 147 Å². The number of hydrogen-bond donors (Lipinski definition) is 0. The Balaban J connectivity index is 1.69. The third-order valence-corrected chi connectivity index (χ3v) is 4.99. The van der Waals surface area contributed by atoms with Crippen molar-refractivity contribution in [3.63, 3.8) is 0 Å². The highest BCUT2D eigenvalue weighted by Gasteiger charge is 2.27. The van der Waals surface area contributed by atoms with Crippen molar-refractivity contribution in [1.82, 2.24) is 4.57 Å². The normalized spacial score (nSPS) is 17.0. The van der Waals surface area contributed by atoms with Crippen LogP contribution in [0.1, 0.15) is 6.92 Å². The van der Waals surface area contributed by atoms with Crippen LogP contribution < -0.4 is 14.3 Å². The van der Waals surface area contributed by atoms with Gasteiger partial charge in [0, 0.05) is 6.54 Å². The lowest BCUT2D eigenvalue weighted by Crippen LogP contribution is -2.36. The van der Waals surface area contributed by atoms with Gasteiger partial charge in [0.25, 0.3) is 5.91 Å². The largest absolute Gasteiger partial charge is 0.485 e. The van der Waals surface area contributed by atoms with Gasteiger partial charge in [-0.2, -0.15) is 4.99 Å². The average Bonchev–Trinajstić information content (AvgIpc) is 2.97. The maximum Gasteiger partial charge on any atom is 0.292 e. The van der Waals surface area contributed by atoms with Gasteiger partial charge in [-0.15, -0.1) is 0 Å². The number of carbonyl (C=O) groups excluding carboxylic acids is 1. The number of halogens is 1. The number of aryl methyl sites for hydroxylation is 1. The first-order valence-corrected chi connectivity index (χ1v) is 8.73. The highest BCUT2D eigenvalue weighted by molar-refractivity contribution is 7.16. The van der Waals surface area contributed by atoms with Crippen molar-refractivity contribution in [2.24, 2.45) is 4.99 Å². The summed E-state index contributed by atoms with van der Waals surface area (Å²) in [5.74, 6) is 0.427. The number of rotatable bonds is 2. The second-order valence-electron chi connectivity index (χ2n) is 5.56. The minimum Gasteiger partial charge on any atom is -0.485 e. The molecule has 0 saturated carbocycles. The van der Waals surface area contributed by atoms with E-state index in [2.05, 4.69) is 4.99 Å². The van der Waals surface area contributed by atoms with Crippen LogP contribution in [0.4, 0.5) is 4.39 Å². The van der Waals surface area contributed by atoms with Gasteiger partial charge in [0.1, 0.15) is 12.4 Å². The van der Waals surface area contributed by atoms with Crippen molar-refractivity contribution in [2.45, 2.75) is 19.6 Å². The van der Waals surface area contributed by atoms with Gasteiger partial charge >= 0.3 is 0 Å². The predicted octanol–water partition coefficient (Wildman–Crippen LogP) is 3.13. The van der Waals surface area contributed by atoms with Crippen LogP contribution in [0.2, 0.25) is 0 Å². The molecule has 0 saturated heterocycles. The molecule has 4 rings (SSSR count). The molecule has 25 heavy (non-hydrogen) atoms. The molecule has 0 fully saturated rings. The van der Waals surface area contributed by atoms with Gasteiger partial charge in [0.15, 0.2) is 16.3 Å². The summed E-state index contributed by atoms with van der Waals surface area (Å²) in [6, 6.07) is 11.8. The molecule has 1 aromatic heterocycles. The Hall–Kier alpha value is -2.67. The molecule has 1 atom stereocenters. The zero-order valence-electron chi connectivity index (χ0n) is 13.4. The van der Waals surface area contributed by atoms with Gasteiger partial charge in [-0.1, -0.05) is 23.5 Å². The summed E-state index contributed by atoms with van der Waals surface area (Å²) in [4.78, 5) is 17.3. The summed E-state index contributed by atoms with van der Waals surface area (Å²) < 4.78 is 27.3. The van der Waals surface area contributed by atoms with E-state index >= 15 is 0 Å². The van der Waals surface area contributed by atoms with Crippen molar-refractivity contribution >= 4 is 27.5 Å². The van der Waals surface area contributed by atoms with Crippen LogP contribution in [0.15, 0.2) is 47.5 Å². The third-order valence-electron chi connectivity index (χ3n) is 3.95. The minimum absolute atomic E-state index is 0.116. The summed E-state index contributed by atoms with van der Waals surface area (Å²) in [7, 11) is 0. The lowest BCUT2D eigenvalue weighted by atomic mass is 10.2. The molecule has 0 N–H and O–H groups in total. The molecular formula is C18H15FN2O3S. The SMILES string of the molecule is CCn1c(=NC(=O)[C@@H]2COc3ccccc3O2)sc2cc(F)ccc21. The topological polar surface area (TPSA) is 52.8 Å². The summed E-state index contributed by atoms with van der Waals surface area (Å²) in [5, 5.41) is 0. The second kappa shape index (κ2) is 6.33. The smallest absolute Gasteiger partial charge is 0.292 e. The average molecular weight is 358 g/mol. The quantitative estimate of drug-likeness (QED) is 0.707. The van der Waals surface area contributed by atoms with Crippen molar-refractivity contribution in [2.75, 3.05) is 6.61 Å². The molecule has 5 nitrogen and oxygen atoms in total.